The second kappa shape index (κ2) is 6.47. The number of amides is 1. The molecule has 2 N–H and O–H groups in total. The molecule has 6 heteroatoms. The molecule has 0 aliphatic rings. The van der Waals surface area contributed by atoms with Gasteiger partial charge in [0, 0.05) is 0 Å². The van der Waals surface area contributed by atoms with E-state index in [1.807, 2.05) is 16.8 Å². The Morgan fingerprint density at radius 1 is 1.48 bits per heavy atom. The molecule has 0 radical (unpaired) electrons. The SMILES string of the molecule is COc1cccc(Cl)c1C(=O)NCC(C)(O)c1ccsc1. The number of methoxy groups -OCH3 is 1. The van der Waals surface area contributed by atoms with Gasteiger partial charge in [-0.1, -0.05) is 17.7 Å². The first kappa shape index (κ1) is 15.8. The van der Waals surface area contributed by atoms with Gasteiger partial charge in [-0.05, 0) is 41.4 Å². The summed E-state index contributed by atoms with van der Waals surface area (Å²) in [4.78, 5) is 12.3. The van der Waals surface area contributed by atoms with Gasteiger partial charge in [0.15, 0.2) is 0 Å². The van der Waals surface area contributed by atoms with Crippen molar-refractivity contribution in [1.29, 1.82) is 0 Å². The van der Waals surface area contributed by atoms with Gasteiger partial charge in [0.1, 0.15) is 11.4 Å². The van der Waals surface area contributed by atoms with Crippen molar-refractivity contribution in [3.05, 3.63) is 51.2 Å². The molecule has 0 saturated heterocycles. The van der Waals surface area contributed by atoms with Crippen LogP contribution in [-0.2, 0) is 5.60 Å². The van der Waals surface area contributed by atoms with Crippen LogP contribution in [0, 0.1) is 0 Å². The van der Waals surface area contributed by atoms with E-state index in [1.165, 1.54) is 18.4 Å². The van der Waals surface area contributed by atoms with Crippen molar-refractivity contribution in [1.82, 2.24) is 5.32 Å². The molecule has 1 aromatic heterocycles. The Morgan fingerprint density at radius 3 is 2.86 bits per heavy atom. The molecule has 4 nitrogen and oxygen atoms in total. The zero-order valence-electron chi connectivity index (χ0n) is 11.7. The molecular weight excluding hydrogens is 310 g/mol. The third-order valence-corrected chi connectivity index (χ3v) is 4.16. The number of halogens is 1. The van der Waals surface area contributed by atoms with Crippen LogP contribution in [0.4, 0.5) is 0 Å². The van der Waals surface area contributed by atoms with Crippen LogP contribution in [0.25, 0.3) is 0 Å². The fourth-order valence-corrected chi connectivity index (χ4v) is 2.94. The molecular formula is C15H16ClNO3S. The molecule has 112 valence electrons. The lowest BCUT2D eigenvalue weighted by atomic mass is 9.99. The number of carbonyl (C=O) groups is 1. The first-order valence-corrected chi connectivity index (χ1v) is 7.63. The maximum absolute atomic E-state index is 12.3. The van der Waals surface area contributed by atoms with Crippen LogP contribution in [0.5, 0.6) is 5.75 Å². The molecule has 0 bridgehead atoms. The van der Waals surface area contributed by atoms with Gasteiger partial charge in [-0.3, -0.25) is 4.79 Å². The molecule has 1 aromatic carbocycles. The van der Waals surface area contributed by atoms with Gasteiger partial charge in [-0.2, -0.15) is 11.3 Å². The molecule has 21 heavy (non-hydrogen) atoms. The molecule has 0 aliphatic heterocycles. The van der Waals surface area contributed by atoms with E-state index >= 15 is 0 Å². The summed E-state index contributed by atoms with van der Waals surface area (Å²) in [6.45, 7) is 1.73. The molecule has 0 saturated carbocycles. The van der Waals surface area contributed by atoms with Gasteiger partial charge in [-0.15, -0.1) is 0 Å². The minimum Gasteiger partial charge on any atom is -0.496 e. The zero-order valence-corrected chi connectivity index (χ0v) is 13.3. The van der Waals surface area contributed by atoms with Gasteiger partial charge in [0.25, 0.3) is 5.91 Å². The van der Waals surface area contributed by atoms with Crippen molar-refractivity contribution < 1.29 is 14.6 Å². The van der Waals surface area contributed by atoms with Crippen LogP contribution < -0.4 is 10.1 Å². The first-order valence-electron chi connectivity index (χ1n) is 6.31. The summed E-state index contributed by atoms with van der Waals surface area (Å²) in [5.41, 5.74) is -0.105. The standard InChI is InChI=1S/C15H16ClNO3S/c1-15(19,10-6-7-21-8-10)9-17-14(18)13-11(16)4-3-5-12(13)20-2/h3-8,19H,9H2,1-2H3,(H,17,18). The van der Waals surface area contributed by atoms with Gasteiger partial charge >= 0.3 is 0 Å². The normalized spacial score (nSPS) is 13.5. The van der Waals surface area contributed by atoms with Gasteiger partial charge in [0.05, 0.1) is 24.2 Å². The Kier molecular flexibility index (Phi) is 4.88. The lowest BCUT2D eigenvalue weighted by Crippen LogP contribution is -2.38. The van der Waals surface area contributed by atoms with Crippen molar-refractivity contribution in [3.8, 4) is 5.75 Å². The summed E-state index contributed by atoms with van der Waals surface area (Å²) in [6, 6.07) is 6.82. The second-order valence-electron chi connectivity index (χ2n) is 4.79. The highest BCUT2D eigenvalue weighted by atomic mass is 35.5. The molecule has 0 aliphatic carbocycles. The molecule has 0 fully saturated rings. The van der Waals surface area contributed by atoms with Gasteiger partial charge < -0.3 is 15.2 Å². The van der Waals surface area contributed by atoms with Crippen molar-refractivity contribution in [2.24, 2.45) is 0 Å². The highest BCUT2D eigenvalue weighted by Gasteiger charge is 2.25. The van der Waals surface area contributed by atoms with Gasteiger partial charge in [0.2, 0.25) is 0 Å². The Bertz CT molecular complexity index is 626. The zero-order chi connectivity index (χ0) is 15.5. The van der Waals surface area contributed by atoms with Gasteiger partial charge in [-0.25, -0.2) is 0 Å². The first-order chi connectivity index (χ1) is 9.95. The Morgan fingerprint density at radius 2 is 2.24 bits per heavy atom. The number of ether oxygens (including phenoxy) is 1. The van der Waals surface area contributed by atoms with E-state index < -0.39 is 5.60 Å². The number of aliphatic hydroxyl groups is 1. The molecule has 1 amide bonds. The van der Waals surface area contributed by atoms with Crippen LogP contribution in [0.3, 0.4) is 0 Å². The minimum absolute atomic E-state index is 0.0803. The summed E-state index contributed by atoms with van der Waals surface area (Å²) < 4.78 is 5.15. The van der Waals surface area contributed by atoms with Crippen LogP contribution in [0.2, 0.25) is 5.02 Å². The number of hydrogen-bond acceptors (Lipinski definition) is 4. The average Bonchev–Trinajstić information content (AvgIpc) is 2.99. The predicted octanol–water partition coefficient (Wildman–Crippen LogP) is 3.05. The van der Waals surface area contributed by atoms with E-state index in [2.05, 4.69) is 5.32 Å². The minimum atomic E-state index is -1.13. The number of benzene rings is 1. The van der Waals surface area contributed by atoms with Crippen molar-refractivity contribution in [3.63, 3.8) is 0 Å². The summed E-state index contributed by atoms with van der Waals surface area (Å²) in [5, 5.41) is 17.1. The van der Waals surface area contributed by atoms with E-state index in [-0.39, 0.29) is 18.0 Å². The largest absolute Gasteiger partial charge is 0.496 e. The van der Waals surface area contributed by atoms with E-state index in [1.54, 1.807) is 25.1 Å². The number of hydrogen-bond donors (Lipinski definition) is 2. The lowest BCUT2D eigenvalue weighted by Gasteiger charge is -2.23. The Hall–Kier alpha value is -1.56. The van der Waals surface area contributed by atoms with Crippen molar-refractivity contribution in [2.75, 3.05) is 13.7 Å². The molecule has 1 unspecified atom stereocenters. The number of nitrogens with one attached hydrogen (secondary N) is 1. The van der Waals surface area contributed by atoms with Crippen molar-refractivity contribution >= 4 is 28.8 Å². The molecule has 1 atom stereocenters. The van der Waals surface area contributed by atoms with Crippen LogP contribution in [-0.4, -0.2) is 24.7 Å². The quantitative estimate of drug-likeness (QED) is 0.888. The topological polar surface area (TPSA) is 58.6 Å². The summed E-state index contributed by atoms with van der Waals surface area (Å²) >= 11 is 7.54. The third-order valence-electron chi connectivity index (χ3n) is 3.16. The number of rotatable bonds is 5. The summed E-state index contributed by atoms with van der Waals surface area (Å²) in [5.74, 6) is 0.0168. The highest BCUT2D eigenvalue weighted by molar-refractivity contribution is 7.08. The fourth-order valence-electron chi connectivity index (χ4n) is 1.91. The second-order valence-corrected chi connectivity index (χ2v) is 5.97. The number of carbonyl (C=O) groups excluding carboxylic acids is 1. The van der Waals surface area contributed by atoms with E-state index in [4.69, 9.17) is 16.3 Å². The maximum atomic E-state index is 12.3. The monoisotopic (exact) mass is 325 g/mol. The van der Waals surface area contributed by atoms with E-state index in [9.17, 15) is 9.90 Å². The van der Waals surface area contributed by atoms with Crippen LogP contribution in [0.1, 0.15) is 22.8 Å². The Balaban J connectivity index is 2.13. The highest BCUT2D eigenvalue weighted by Crippen LogP contribution is 2.27. The van der Waals surface area contributed by atoms with Crippen molar-refractivity contribution in [2.45, 2.75) is 12.5 Å². The van der Waals surface area contributed by atoms with E-state index in [0.717, 1.165) is 5.56 Å². The maximum Gasteiger partial charge on any atom is 0.256 e. The summed E-state index contributed by atoms with van der Waals surface area (Å²) in [7, 11) is 1.48. The average molecular weight is 326 g/mol. The third kappa shape index (κ3) is 3.56. The molecule has 1 heterocycles. The summed E-state index contributed by atoms with van der Waals surface area (Å²) in [6.07, 6.45) is 0. The molecule has 0 spiro atoms. The fraction of sp³-hybridized carbons (Fsp3) is 0.267. The smallest absolute Gasteiger partial charge is 0.256 e. The lowest BCUT2D eigenvalue weighted by molar-refractivity contribution is 0.0529. The van der Waals surface area contributed by atoms with Crippen LogP contribution >= 0.6 is 22.9 Å². The predicted molar refractivity (Wildman–Crippen MR) is 84.2 cm³/mol. The number of thiophene rings is 1. The van der Waals surface area contributed by atoms with Crippen LogP contribution in [0.15, 0.2) is 35.0 Å². The molecule has 2 rings (SSSR count). The van der Waals surface area contributed by atoms with E-state index in [0.29, 0.717) is 10.8 Å². The Labute approximate surface area is 132 Å². The molecule has 2 aromatic rings.